The molecule has 92 valence electrons. The summed E-state index contributed by atoms with van der Waals surface area (Å²) in [6, 6.07) is 1.73. The molecule has 5 heteroatoms. The summed E-state index contributed by atoms with van der Waals surface area (Å²) in [4.78, 5) is 15.4. The monoisotopic (exact) mass is 237 g/mol. The van der Waals surface area contributed by atoms with Crippen molar-refractivity contribution in [2.75, 3.05) is 0 Å². The van der Waals surface area contributed by atoms with Gasteiger partial charge in [0.25, 0.3) is 5.91 Å². The fourth-order valence-electron chi connectivity index (χ4n) is 2.09. The molecule has 1 fully saturated rings. The molecule has 1 aliphatic rings. The highest BCUT2D eigenvalue weighted by molar-refractivity contribution is 5.94. The van der Waals surface area contributed by atoms with Crippen molar-refractivity contribution >= 4 is 5.91 Å². The van der Waals surface area contributed by atoms with Crippen LogP contribution in [-0.4, -0.2) is 23.0 Å². The van der Waals surface area contributed by atoms with Crippen LogP contribution in [0.5, 0.6) is 0 Å². The van der Waals surface area contributed by atoms with Crippen LogP contribution in [0.1, 0.15) is 36.0 Å². The van der Waals surface area contributed by atoms with Gasteiger partial charge in [-0.2, -0.15) is 0 Å². The molecule has 0 radical (unpaired) electrons. The minimum absolute atomic E-state index is 0.0508. The van der Waals surface area contributed by atoms with Crippen molar-refractivity contribution < 1.29 is 9.18 Å². The van der Waals surface area contributed by atoms with E-state index in [9.17, 15) is 9.18 Å². The molecule has 0 aliphatic heterocycles. The summed E-state index contributed by atoms with van der Waals surface area (Å²) in [6.07, 6.45) is 5.99. The molecule has 0 bridgehead atoms. The van der Waals surface area contributed by atoms with E-state index >= 15 is 0 Å². The maximum absolute atomic E-state index is 13.3. The van der Waals surface area contributed by atoms with Crippen LogP contribution in [-0.2, 0) is 0 Å². The van der Waals surface area contributed by atoms with Gasteiger partial charge in [-0.3, -0.25) is 9.78 Å². The first kappa shape index (κ1) is 12.0. The number of carbonyl (C=O) groups excluding carboxylic acids is 1. The Labute approximate surface area is 99.4 Å². The maximum atomic E-state index is 13.3. The van der Waals surface area contributed by atoms with Gasteiger partial charge in [0, 0.05) is 18.3 Å². The fourth-order valence-corrected chi connectivity index (χ4v) is 2.09. The van der Waals surface area contributed by atoms with Crippen molar-refractivity contribution in [3.63, 3.8) is 0 Å². The molecule has 0 saturated heterocycles. The zero-order valence-electron chi connectivity index (χ0n) is 9.53. The van der Waals surface area contributed by atoms with E-state index in [4.69, 9.17) is 5.73 Å². The van der Waals surface area contributed by atoms with Crippen LogP contribution in [0.15, 0.2) is 18.5 Å². The Bertz CT molecular complexity index is 402. The van der Waals surface area contributed by atoms with E-state index in [0.29, 0.717) is 0 Å². The molecule has 1 amide bonds. The number of amides is 1. The van der Waals surface area contributed by atoms with E-state index in [0.717, 1.165) is 31.9 Å². The van der Waals surface area contributed by atoms with Gasteiger partial charge in [0.15, 0.2) is 5.82 Å². The number of rotatable bonds is 2. The van der Waals surface area contributed by atoms with Gasteiger partial charge in [-0.25, -0.2) is 4.39 Å². The van der Waals surface area contributed by atoms with Gasteiger partial charge in [0.1, 0.15) is 0 Å². The first-order chi connectivity index (χ1) is 8.16. The fraction of sp³-hybridized carbons (Fsp3) is 0.500. The molecule has 1 saturated carbocycles. The van der Waals surface area contributed by atoms with E-state index in [2.05, 4.69) is 10.3 Å². The Kier molecular flexibility index (Phi) is 3.68. The lowest BCUT2D eigenvalue weighted by Crippen LogP contribution is -2.40. The van der Waals surface area contributed by atoms with Crippen molar-refractivity contribution in [2.45, 2.75) is 37.8 Å². The number of hydrogen-bond donors (Lipinski definition) is 2. The molecule has 2 rings (SSSR count). The summed E-state index contributed by atoms with van der Waals surface area (Å²) in [7, 11) is 0. The van der Waals surface area contributed by atoms with Gasteiger partial charge < -0.3 is 11.1 Å². The Morgan fingerprint density at radius 1 is 1.41 bits per heavy atom. The van der Waals surface area contributed by atoms with Gasteiger partial charge in [-0.15, -0.1) is 0 Å². The molecule has 1 aromatic rings. The summed E-state index contributed by atoms with van der Waals surface area (Å²) in [5.41, 5.74) is 5.83. The number of carbonyl (C=O) groups is 1. The van der Waals surface area contributed by atoms with Crippen molar-refractivity contribution in [1.82, 2.24) is 10.3 Å². The van der Waals surface area contributed by atoms with Crippen LogP contribution in [0.4, 0.5) is 4.39 Å². The number of halogens is 1. The van der Waals surface area contributed by atoms with E-state index in [1.807, 2.05) is 0 Å². The van der Waals surface area contributed by atoms with Crippen molar-refractivity contribution in [3.05, 3.63) is 29.8 Å². The van der Waals surface area contributed by atoms with Crippen molar-refractivity contribution in [2.24, 2.45) is 5.73 Å². The zero-order valence-corrected chi connectivity index (χ0v) is 9.53. The quantitative estimate of drug-likeness (QED) is 0.812. The molecule has 3 N–H and O–H groups in total. The summed E-state index contributed by atoms with van der Waals surface area (Å²) in [5.74, 6) is -0.956. The maximum Gasteiger partial charge on any atom is 0.254 e. The second kappa shape index (κ2) is 5.23. The SMILES string of the molecule is N[C@H]1CC[C@H](NC(=O)c2ccncc2F)CC1. The first-order valence-corrected chi connectivity index (χ1v) is 5.83. The van der Waals surface area contributed by atoms with Crippen LogP contribution in [0.2, 0.25) is 0 Å². The van der Waals surface area contributed by atoms with Gasteiger partial charge in [0.2, 0.25) is 0 Å². The summed E-state index contributed by atoms with van der Waals surface area (Å²) in [6.45, 7) is 0. The molecule has 4 nitrogen and oxygen atoms in total. The lowest BCUT2D eigenvalue weighted by atomic mass is 9.91. The van der Waals surface area contributed by atoms with E-state index in [1.165, 1.54) is 12.3 Å². The molecule has 1 aliphatic carbocycles. The Balaban J connectivity index is 1.96. The van der Waals surface area contributed by atoms with Gasteiger partial charge >= 0.3 is 0 Å². The number of nitrogens with zero attached hydrogens (tertiary/aromatic N) is 1. The van der Waals surface area contributed by atoms with Crippen LogP contribution in [0.3, 0.4) is 0 Å². The summed E-state index contributed by atoms with van der Waals surface area (Å²) >= 11 is 0. The molecule has 0 atom stereocenters. The summed E-state index contributed by atoms with van der Waals surface area (Å²) < 4.78 is 13.3. The average Bonchev–Trinajstić information content (AvgIpc) is 2.32. The zero-order chi connectivity index (χ0) is 12.3. The van der Waals surface area contributed by atoms with Gasteiger partial charge in [-0.1, -0.05) is 0 Å². The third-order valence-corrected chi connectivity index (χ3v) is 3.12. The van der Waals surface area contributed by atoms with Crippen molar-refractivity contribution in [3.8, 4) is 0 Å². The van der Waals surface area contributed by atoms with Gasteiger partial charge in [0.05, 0.1) is 11.8 Å². The lowest BCUT2D eigenvalue weighted by Gasteiger charge is -2.26. The number of nitrogens with one attached hydrogen (secondary N) is 1. The number of pyridine rings is 1. The number of aromatic nitrogens is 1. The highest BCUT2D eigenvalue weighted by atomic mass is 19.1. The third kappa shape index (κ3) is 3.00. The van der Waals surface area contributed by atoms with Crippen molar-refractivity contribution in [1.29, 1.82) is 0 Å². The van der Waals surface area contributed by atoms with Crippen LogP contribution in [0, 0.1) is 5.82 Å². The van der Waals surface area contributed by atoms with Crippen LogP contribution < -0.4 is 11.1 Å². The third-order valence-electron chi connectivity index (χ3n) is 3.12. The Morgan fingerprint density at radius 2 is 2.12 bits per heavy atom. The van der Waals surface area contributed by atoms with Crippen LogP contribution >= 0.6 is 0 Å². The smallest absolute Gasteiger partial charge is 0.254 e. The topological polar surface area (TPSA) is 68.0 Å². The standard InChI is InChI=1S/C12H16FN3O/c13-11-7-15-6-5-10(11)12(17)16-9-3-1-8(14)2-4-9/h5-9H,1-4,14H2,(H,16,17)/t8-,9-. The number of hydrogen-bond acceptors (Lipinski definition) is 3. The van der Waals surface area contributed by atoms with E-state index in [1.54, 1.807) is 0 Å². The normalized spacial score (nSPS) is 24.4. The second-order valence-corrected chi connectivity index (χ2v) is 4.44. The van der Waals surface area contributed by atoms with Crippen LogP contribution in [0.25, 0.3) is 0 Å². The molecular formula is C12H16FN3O. The molecule has 0 unspecified atom stereocenters. The van der Waals surface area contributed by atoms with E-state index < -0.39 is 5.82 Å². The largest absolute Gasteiger partial charge is 0.349 e. The van der Waals surface area contributed by atoms with Gasteiger partial charge in [-0.05, 0) is 31.7 Å². The minimum Gasteiger partial charge on any atom is -0.349 e. The molecule has 1 heterocycles. The Hall–Kier alpha value is -1.49. The first-order valence-electron chi connectivity index (χ1n) is 5.83. The minimum atomic E-state index is -0.586. The summed E-state index contributed by atoms with van der Waals surface area (Å²) in [5, 5.41) is 2.83. The molecule has 17 heavy (non-hydrogen) atoms. The molecule has 0 aromatic carbocycles. The molecular weight excluding hydrogens is 221 g/mol. The second-order valence-electron chi connectivity index (χ2n) is 4.44. The highest BCUT2D eigenvalue weighted by Crippen LogP contribution is 2.17. The van der Waals surface area contributed by atoms with E-state index in [-0.39, 0.29) is 23.6 Å². The predicted octanol–water partition coefficient (Wildman–Crippen LogP) is 1.22. The highest BCUT2D eigenvalue weighted by Gasteiger charge is 2.21. The average molecular weight is 237 g/mol. The number of nitrogens with two attached hydrogens (primary N) is 1. The predicted molar refractivity (Wildman–Crippen MR) is 61.9 cm³/mol. The lowest BCUT2D eigenvalue weighted by molar-refractivity contribution is 0.0921. The molecule has 0 spiro atoms. The Morgan fingerprint density at radius 3 is 2.76 bits per heavy atom. The molecule has 1 aromatic heterocycles.